The van der Waals surface area contributed by atoms with E-state index < -0.39 is 5.41 Å². The molecular formula is C19H32Cl3N3O2. The zero-order valence-corrected chi connectivity index (χ0v) is 18.5. The molecule has 3 N–H and O–H groups in total. The van der Waals surface area contributed by atoms with E-state index in [9.17, 15) is 4.79 Å². The van der Waals surface area contributed by atoms with Gasteiger partial charge in [0.05, 0.1) is 24.7 Å². The van der Waals surface area contributed by atoms with Crippen LogP contribution in [0.5, 0.6) is 0 Å². The van der Waals surface area contributed by atoms with Gasteiger partial charge in [0.15, 0.2) is 0 Å². The molecule has 0 radical (unpaired) electrons. The molecule has 5 nitrogen and oxygen atoms in total. The van der Waals surface area contributed by atoms with Gasteiger partial charge in [0.1, 0.15) is 0 Å². The van der Waals surface area contributed by atoms with Crippen LogP contribution in [-0.2, 0) is 9.53 Å². The van der Waals surface area contributed by atoms with E-state index in [1.807, 2.05) is 38.1 Å². The van der Waals surface area contributed by atoms with Crippen LogP contribution in [0.2, 0.25) is 5.02 Å². The van der Waals surface area contributed by atoms with Gasteiger partial charge in [-0.05, 0) is 30.5 Å². The van der Waals surface area contributed by atoms with Gasteiger partial charge in [-0.15, -0.1) is 24.8 Å². The van der Waals surface area contributed by atoms with Crippen molar-refractivity contribution < 1.29 is 9.53 Å². The van der Waals surface area contributed by atoms with Crippen molar-refractivity contribution in [3.8, 4) is 0 Å². The number of halogens is 3. The quantitative estimate of drug-likeness (QED) is 0.650. The second kappa shape index (κ2) is 12.8. The Balaban J connectivity index is 0.00000338. The molecule has 27 heavy (non-hydrogen) atoms. The van der Waals surface area contributed by atoms with Crippen LogP contribution in [0, 0.1) is 5.41 Å². The molecule has 1 aromatic rings. The molecule has 156 valence electrons. The first-order valence-electron chi connectivity index (χ1n) is 9.12. The summed E-state index contributed by atoms with van der Waals surface area (Å²) in [5, 5.41) is 3.87. The minimum Gasteiger partial charge on any atom is -0.379 e. The number of rotatable bonds is 8. The van der Waals surface area contributed by atoms with Crippen LogP contribution in [0.25, 0.3) is 0 Å². The molecule has 1 atom stereocenters. The van der Waals surface area contributed by atoms with E-state index >= 15 is 0 Å². The Morgan fingerprint density at radius 2 is 1.78 bits per heavy atom. The second-order valence-corrected chi connectivity index (χ2v) is 7.05. The molecule has 1 aliphatic heterocycles. The Bertz CT molecular complexity index is 539. The molecule has 0 spiro atoms. The summed E-state index contributed by atoms with van der Waals surface area (Å²) >= 11 is 6.03. The van der Waals surface area contributed by atoms with Crippen LogP contribution in [0.4, 0.5) is 0 Å². The van der Waals surface area contributed by atoms with Crippen molar-refractivity contribution in [1.29, 1.82) is 0 Å². The highest BCUT2D eigenvalue weighted by molar-refractivity contribution is 6.30. The topological polar surface area (TPSA) is 67.6 Å². The predicted molar refractivity (Wildman–Crippen MR) is 116 cm³/mol. The van der Waals surface area contributed by atoms with Crippen molar-refractivity contribution in [3.05, 3.63) is 34.9 Å². The third-order valence-electron chi connectivity index (χ3n) is 5.42. The number of carbonyl (C=O) groups excluding carboxylic acids is 1. The minimum absolute atomic E-state index is 0. The summed E-state index contributed by atoms with van der Waals surface area (Å²) in [7, 11) is 0. The number of benzene rings is 1. The van der Waals surface area contributed by atoms with E-state index in [2.05, 4.69) is 10.2 Å². The van der Waals surface area contributed by atoms with Gasteiger partial charge in [-0.25, -0.2) is 0 Å². The fourth-order valence-electron chi connectivity index (χ4n) is 3.36. The lowest BCUT2D eigenvalue weighted by atomic mass is 9.81. The SMILES string of the molecule is CCC(CC)(CN)C(=O)NCC(c1ccc(Cl)cc1)N1CCOCC1.Cl.Cl. The molecule has 8 heteroatoms. The van der Waals surface area contributed by atoms with Crippen molar-refractivity contribution >= 4 is 42.3 Å². The predicted octanol–water partition coefficient (Wildman–Crippen LogP) is 3.44. The summed E-state index contributed by atoms with van der Waals surface area (Å²) in [6.45, 7) is 8.11. The van der Waals surface area contributed by atoms with Gasteiger partial charge in [0.25, 0.3) is 0 Å². The monoisotopic (exact) mass is 439 g/mol. The summed E-state index contributed by atoms with van der Waals surface area (Å²) in [5.41, 5.74) is 6.58. The summed E-state index contributed by atoms with van der Waals surface area (Å²) in [4.78, 5) is 15.1. The van der Waals surface area contributed by atoms with E-state index in [4.69, 9.17) is 22.1 Å². The smallest absolute Gasteiger partial charge is 0.227 e. The first-order chi connectivity index (χ1) is 12.1. The Kier molecular flexibility index (Phi) is 12.5. The Labute approximate surface area is 180 Å². The van der Waals surface area contributed by atoms with Gasteiger partial charge in [0.2, 0.25) is 5.91 Å². The van der Waals surface area contributed by atoms with E-state index in [0.717, 1.165) is 31.5 Å². The zero-order valence-electron chi connectivity index (χ0n) is 16.1. The van der Waals surface area contributed by atoms with Crippen molar-refractivity contribution in [2.75, 3.05) is 39.4 Å². The van der Waals surface area contributed by atoms with E-state index in [1.165, 1.54) is 0 Å². The molecule has 1 aromatic carbocycles. The Morgan fingerprint density at radius 3 is 2.26 bits per heavy atom. The molecule has 2 rings (SSSR count). The van der Waals surface area contributed by atoms with E-state index in [1.54, 1.807) is 0 Å². The fourth-order valence-corrected chi connectivity index (χ4v) is 3.49. The summed E-state index contributed by atoms with van der Waals surface area (Å²) in [6, 6.07) is 7.96. The average Bonchev–Trinajstić information content (AvgIpc) is 2.66. The van der Waals surface area contributed by atoms with Crippen molar-refractivity contribution in [2.45, 2.75) is 32.7 Å². The molecule has 1 heterocycles. The molecule has 0 aromatic heterocycles. The molecule has 1 aliphatic rings. The van der Waals surface area contributed by atoms with Crippen molar-refractivity contribution in [1.82, 2.24) is 10.2 Å². The first kappa shape index (κ1) is 26.4. The van der Waals surface area contributed by atoms with Gasteiger partial charge in [-0.3, -0.25) is 9.69 Å². The van der Waals surface area contributed by atoms with Gasteiger partial charge < -0.3 is 15.8 Å². The highest BCUT2D eigenvalue weighted by Crippen LogP contribution is 2.27. The number of hydrogen-bond acceptors (Lipinski definition) is 4. The van der Waals surface area contributed by atoms with E-state index in [-0.39, 0.29) is 36.8 Å². The molecule has 1 amide bonds. The van der Waals surface area contributed by atoms with Crippen molar-refractivity contribution in [3.63, 3.8) is 0 Å². The molecule has 1 unspecified atom stereocenters. The number of hydrogen-bond donors (Lipinski definition) is 2. The molecular weight excluding hydrogens is 409 g/mol. The maximum Gasteiger partial charge on any atom is 0.227 e. The number of morpholine rings is 1. The lowest BCUT2D eigenvalue weighted by Gasteiger charge is -2.36. The third kappa shape index (κ3) is 6.77. The fraction of sp³-hybridized carbons (Fsp3) is 0.632. The molecule has 0 aliphatic carbocycles. The number of nitrogens with one attached hydrogen (secondary N) is 1. The largest absolute Gasteiger partial charge is 0.379 e. The van der Waals surface area contributed by atoms with Crippen LogP contribution in [0.15, 0.2) is 24.3 Å². The normalized spacial score (nSPS) is 16.0. The van der Waals surface area contributed by atoms with Crippen LogP contribution in [-0.4, -0.2) is 50.2 Å². The van der Waals surface area contributed by atoms with Gasteiger partial charge in [0, 0.05) is 31.2 Å². The number of nitrogens with zero attached hydrogens (tertiary/aromatic N) is 1. The standard InChI is InChI=1S/C19H30ClN3O2.2ClH/c1-3-19(4-2,14-21)18(24)22-13-17(23-9-11-25-12-10-23)15-5-7-16(20)8-6-15;;/h5-8,17H,3-4,9-14,21H2,1-2H3,(H,22,24);2*1H. The number of amides is 1. The molecule has 1 saturated heterocycles. The molecule has 0 saturated carbocycles. The number of carbonyl (C=O) groups is 1. The van der Waals surface area contributed by atoms with Crippen LogP contribution < -0.4 is 11.1 Å². The summed E-state index contributed by atoms with van der Waals surface area (Å²) < 4.78 is 5.47. The van der Waals surface area contributed by atoms with Crippen molar-refractivity contribution in [2.24, 2.45) is 11.1 Å². The Morgan fingerprint density at radius 1 is 1.22 bits per heavy atom. The van der Waals surface area contributed by atoms with Crippen LogP contribution in [0.3, 0.4) is 0 Å². The first-order valence-corrected chi connectivity index (χ1v) is 9.49. The third-order valence-corrected chi connectivity index (χ3v) is 5.68. The average molecular weight is 441 g/mol. The lowest BCUT2D eigenvalue weighted by molar-refractivity contribution is -0.131. The maximum absolute atomic E-state index is 12.8. The van der Waals surface area contributed by atoms with Gasteiger partial charge in [-0.2, -0.15) is 0 Å². The second-order valence-electron chi connectivity index (χ2n) is 6.62. The Hall–Kier alpha value is -0.560. The van der Waals surface area contributed by atoms with E-state index in [0.29, 0.717) is 31.3 Å². The summed E-state index contributed by atoms with van der Waals surface area (Å²) in [5.74, 6) is 0.0484. The minimum atomic E-state index is -0.477. The number of nitrogens with two attached hydrogens (primary N) is 1. The molecule has 1 fully saturated rings. The van der Waals surface area contributed by atoms with Gasteiger partial charge >= 0.3 is 0 Å². The van der Waals surface area contributed by atoms with Gasteiger partial charge in [-0.1, -0.05) is 37.6 Å². The molecule has 0 bridgehead atoms. The lowest BCUT2D eigenvalue weighted by Crippen LogP contribution is -2.49. The summed E-state index contributed by atoms with van der Waals surface area (Å²) in [6.07, 6.45) is 1.49. The highest BCUT2D eigenvalue weighted by atomic mass is 35.5. The number of ether oxygens (including phenoxy) is 1. The maximum atomic E-state index is 12.8. The van der Waals surface area contributed by atoms with Crippen LogP contribution in [0.1, 0.15) is 38.3 Å². The zero-order chi connectivity index (χ0) is 18.3. The highest BCUT2D eigenvalue weighted by Gasteiger charge is 2.34. The van der Waals surface area contributed by atoms with Crippen LogP contribution >= 0.6 is 36.4 Å².